The van der Waals surface area contributed by atoms with E-state index >= 15 is 0 Å². The number of hydrogen-bond donors (Lipinski definition) is 2. The molecule has 1 atom stereocenters. The van der Waals surface area contributed by atoms with E-state index in [1.165, 1.54) is 0 Å². The van der Waals surface area contributed by atoms with Gasteiger partial charge in [0.2, 0.25) is 0 Å². The first kappa shape index (κ1) is 11.5. The van der Waals surface area contributed by atoms with Crippen LogP contribution >= 0.6 is 0 Å². The summed E-state index contributed by atoms with van der Waals surface area (Å²) >= 11 is 0. The van der Waals surface area contributed by atoms with Crippen molar-refractivity contribution in [3.8, 4) is 11.5 Å². The molecule has 0 fully saturated rings. The van der Waals surface area contributed by atoms with Crippen molar-refractivity contribution in [1.82, 2.24) is 0 Å². The molecule has 0 bridgehead atoms. The summed E-state index contributed by atoms with van der Waals surface area (Å²) in [6.07, 6.45) is 0. The van der Waals surface area contributed by atoms with Gasteiger partial charge in [-0.3, -0.25) is 0 Å². The normalized spacial score (nSPS) is 12.4. The maximum absolute atomic E-state index is 9.93. The van der Waals surface area contributed by atoms with Gasteiger partial charge in [-0.15, -0.1) is 0 Å². The van der Waals surface area contributed by atoms with Gasteiger partial charge < -0.3 is 10.2 Å². The Labute approximate surface area is 101 Å². The Morgan fingerprint density at radius 3 is 2.18 bits per heavy atom. The fourth-order valence-corrected chi connectivity index (χ4v) is 2.24. The highest BCUT2D eigenvalue weighted by Crippen LogP contribution is 2.36. The van der Waals surface area contributed by atoms with E-state index in [4.69, 9.17) is 0 Å². The molecule has 88 valence electrons. The fraction of sp³-hybridized carbons (Fsp3) is 0.200. The predicted octanol–water partition coefficient (Wildman–Crippen LogP) is 3.56. The first-order chi connectivity index (χ1) is 8.11. The molecule has 0 heterocycles. The second kappa shape index (κ2) is 4.50. The van der Waals surface area contributed by atoms with E-state index in [9.17, 15) is 10.2 Å². The fourth-order valence-electron chi connectivity index (χ4n) is 2.24. The summed E-state index contributed by atoms with van der Waals surface area (Å²) in [5, 5.41) is 19.8. The van der Waals surface area contributed by atoms with E-state index in [1.54, 1.807) is 18.2 Å². The molecule has 0 saturated heterocycles. The zero-order chi connectivity index (χ0) is 12.4. The Balaban J connectivity index is 2.51. The third-order valence-electron chi connectivity index (χ3n) is 3.14. The predicted molar refractivity (Wildman–Crippen MR) is 68.5 cm³/mol. The van der Waals surface area contributed by atoms with Crippen molar-refractivity contribution in [1.29, 1.82) is 0 Å². The molecular weight excluding hydrogens is 212 g/mol. The third-order valence-corrected chi connectivity index (χ3v) is 3.14. The van der Waals surface area contributed by atoms with Gasteiger partial charge in [0.1, 0.15) is 11.5 Å². The molecule has 1 unspecified atom stereocenters. The summed E-state index contributed by atoms with van der Waals surface area (Å²) in [6.45, 7) is 3.95. The highest BCUT2D eigenvalue weighted by Gasteiger charge is 2.17. The first-order valence-corrected chi connectivity index (χ1v) is 5.67. The Kier molecular flexibility index (Phi) is 3.05. The summed E-state index contributed by atoms with van der Waals surface area (Å²) in [5.74, 6) is 0.515. The SMILES string of the molecule is Cc1cccc(O)c1C(C)c1ccccc1O. The second-order valence-corrected chi connectivity index (χ2v) is 4.29. The summed E-state index contributed by atoms with van der Waals surface area (Å²) in [5.41, 5.74) is 2.73. The minimum Gasteiger partial charge on any atom is -0.508 e. The van der Waals surface area contributed by atoms with Crippen molar-refractivity contribution in [2.45, 2.75) is 19.8 Å². The van der Waals surface area contributed by atoms with E-state index in [2.05, 4.69) is 0 Å². The molecule has 2 nitrogen and oxygen atoms in total. The number of rotatable bonds is 2. The van der Waals surface area contributed by atoms with E-state index < -0.39 is 0 Å². The molecule has 0 saturated carbocycles. The number of aryl methyl sites for hydroxylation is 1. The van der Waals surface area contributed by atoms with Gasteiger partial charge in [-0.25, -0.2) is 0 Å². The quantitative estimate of drug-likeness (QED) is 0.825. The van der Waals surface area contributed by atoms with Gasteiger partial charge >= 0.3 is 0 Å². The summed E-state index contributed by atoms with van der Waals surface area (Å²) in [7, 11) is 0. The number of aromatic hydroxyl groups is 2. The van der Waals surface area contributed by atoms with Crippen molar-refractivity contribution in [2.75, 3.05) is 0 Å². The summed E-state index contributed by atoms with van der Waals surface area (Å²) in [6, 6.07) is 12.7. The zero-order valence-electron chi connectivity index (χ0n) is 10.0. The lowest BCUT2D eigenvalue weighted by Crippen LogP contribution is -1.99. The summed E-state index contributed by atoms with van der Waals surface area (Å²) < 4.78 is 0. The highest BCUT2D eigenvalue weighted by atomic mass is 16.3. The molecule has 2 aromatic carbocycles. The lowest BCUT2D eigenvalue weighted by atomic mass is 9.89. The van der Waals surface area contributed by atoms with Crippen LogP contribution in [-0.2, 0) is 0 Å². The topological polar surface area (TPSA) is 40.5 Å². The van der Waals surface area contributed by atoms with Crippen molar-refractivity contribution >= 4 is 0 Å². The van der Waals surface area contributed by atoms with Crippen LogP contribution in [0, 0.1) is 6.92 Å². The highest BCUT2D eigenvalue weighted by molar-refractivity contribution is 5.48. The van der Waals surface area contributed by atoms with Crippen LogP contribution in [0.4, 0.5) is 0 Å². The monoisotopic (exact) mass is 228 g/mol. The van der Waals surface area contributed by atoms with Gasteiger partial charge in [0.25, 0.3) is 0 Å². The number of benzene rings is 2. The molecule has 0 radical (unpaired) electrons. The molecule has 0 aliphatic carbocycles. The lowest BCUT2D eigenvalue weighted by Gasteiger charge is -2.17. The number of phenols is 2. The molecule has 0 aliphatic heterocycles. The molecule has 2 aromatic rings. The molecule has 0 amide bonds. The average molecular weight is 228 g/mol. The van der Waals surface area contributed by atoms with Gasteiger partial charge in [0.05, 0.1) is 0 Å². The van der Waals surface area contributed by atoms with Gasteiger partial charge in [0, 0.05) is 17.0 Å². The van der Waals surface area contributed by atoms with E-state index in [0.29, 0.717) is 0 Å². The van der Waals surface area contributed by atoms with E-state index in [-0.39, 0.29) is 17.4 Å². The number of hydrogen-bond acceptors (Lipinski definition) is 2. The molecule has 2 heteroatoms. The van der Waals surface area contributed by atoms with E-state index in [1.807, 2.05) is 38.1 Å². The summed E-state index contributed by atoms with van der Waals surface area (Å²) in [4.78, 5) is 0. The molecule has 2 N–H and O–H groups in total. The maximum Gasteiger partial charge on any atom is 0.119 e. The van der Waals surface area contributed by atoms with Gasteiger partial charge in [-0.1, -0.05) is 37.3 Å². The van der Waals surface area contributed by atoms with Crippen LogP contribution in [0.3, 0.4) is 0 Å². The van der Waals surface area contributed by atoms with Crippen LogP contribution in [0.15, 0.2) is 42.5 Å². The minimum absolute atomic E-state index is 0.0302. The van der Waals surface area contributed by atoms with E-state index in [0.717, 1.165) is 16.7 Å². The molecule has 2 rings (SSSR count). The molecule has 0 spiro atoms. The maximum atomic E-state index is 9.93. The minimum atomic E-state index is -0.0302. The molecule has 0 aromatic heterocycles. The standard InChI is InChI=1S/C15H16O2/c1-10-6-5-9-14(17)15(10)11(2)12-7-3-4-8-13(12)16/h3-9,11,16-17H,1-2H3. The molecule has 0 aliphatic rings. The Bertz CT molecular complexity index is 512. The van der Waals surface area contributed by atoms with Crippen molar-refractivity contribution in [3.05, 3.63) is 59.2 Å². The Hall–Kier alpha value is -1.96. The second-order valence-electron chi connectivity index (χ2n) is 4.29. The Morgan fingerprint density at radius 1 is 0.882 bits per heavy atom. The van der Waals surface area contributed by atoms with Crippen molar-refractivity contribution in [2.24, 2.45) is 0 Å². The van der Waals surface area contributed by atoms with Crippen LogP contribution in [0.5, 0.6) is 11.5 Å². The number of para-hydroxylation sites is 1. The van der Waals surface area contributed by atoms with Crippen LogP contribution in [0.25, 0.3) is 0 Å². The van der Waals surface area contributed by atoms with Crippen LogP contribution < -0.4 is 0 Å². The van der Waals surface area contributed by atoms with Crippen LogP contribution in [0.1, 0.15) is 29.5 Å². The largest absolute Gasteiger partial charge is 0.508 e. The van der Waals surface area contributed by atoms with Gasteiger partial charge in [-0.2, -0.15) is 0 Å². The molecular formula is C15H16O2. The van der Waals surface area contributed by atoms with Gasteiger partial charge in [-0.05, 0) is 24.6 Å². The van der Waals surface area contributed by atoms with Gasteiger partial charge in [0.15, 0.2) is 0 Å². The Morgan fingerprint density at radius 2 is 1.53 bits per heavy atom. The van der Waals surface area contributed by atoms with Crippen LogP contribution in [0.2, 0.25) is 0 Å². The average Bonchev–Trinajstić information content (AvgIpc) is 2.29. The zero-order valence-corrected chi connectivity index (χ0v) is 10.0. The third kappa shape index (κ3) is 2.11. The van der Waals surface area contributed by atoms with Crippen molar-refractivity contribution < 1.29 is 10.2 Å². The van der Waals surface area contributed by atoms with Crippen molar-refractivity contribution in [3.63, 3.8) is 0 Å². The molecule has 17 heavy (non-hydrogen) atoms. The smallest absolute Gasteiger partial charge is 0.119 e. The first-order valence-electron chi connectivity index (χ1n) is 5.67. The van der Waals surface area contributed by atoms with Crippen LogP contribution in [-0.4, -0.2) is 10.2 Å². The number of phenolic OH excluding ortho intramolecular Hbond substituents is 2. The lowest BCUT2D eigenvalue weighted by molar-refractivity contribution is 0.456.